The molecule has 0 spiro atoms. The molecule has 3 aliphatic rings. The maximum Gasteiger partial charge on any atom is 0.244 e. The molecule has 0 saturated heterocycles. The average molecular weight is 362 g/mol. The number of hydrogen-bond donors (Lipinski definition) is 1. The van der Waals surface area contributed by atoms with Gasteiger partial charge >= 0.3 is 0 Å². The zero-order valence-electron chi connectivity index (χ0n) is 15.5. The van der Waals surface area contributed by atoms with Gasteiger partial charge in [0.2, 0.25) is 11.8 Å². The number of rotatable bonds is 5. The number of aliphatic imine (C=N–C) groups is 2. The number of fused-ring (bicyclic) bond motifs is 3. The van der Waals surface area contributed by atoms with Gasteiger partial charge in [0.25, 0.3) is 0 Å². The molecule has 0 aromatic carbocycles. The van der Waals surface area contributed by atoms with Crippen molar-refractivity contribution < 1.29 is 4.74 Å². The van der Waals surface area contributed by atoms with Crippen LogP contribution < -0.4 is 10.1 Å². The van der Waals surface area contributed by atoms with Crippen LogP contribution in [0.5, 0.6) is 5.88 Å². The molecule has 5 rings (SSSR count). The molecular weight excluding hydrogens is 340 g/mol. The Morgan fingerprint density at radius 2 is 2.22 bits per heavy atom. The SMILES string of the molecule is COc1nc(N[C@H](C)C2CC2)nn2ccc(C3=CC4C=CN=C(C4)N=C3)c12. The first-order chi connectivity index (χ1) is 13.2. The molecule has 0 radical (unpaired) electrons. The van der Waals surface area contributed by atoms with Gasteiger partial charge in [-0.3, -0.25) is 0 Å². The normalized spacial score (nSPS) is 22.2. The first-order valence-corrected chi connectivity index (χ1v) is 9.41. The van der Waals surface area contributed by atoms with E-state index >= 15 is 0 Å². The van der Waals surface area contributed by atoms with E-state index in [1.165, 1.54) is 12.8 Å². The third kappa shape index (κ3) is 3.03. The summed E-state index contributed by atoms with van der Waals surface area (Å²) < 4.78 is 7.45. The zero-order chi connectivity index (χ0) is 18.4. The molecule has 2 aliphatic heterocycles. The Morgan fingerprint density at radius 3 is 3.04 bits per heavy atom. The lowest BCUT2D eigenvalue weighted by molar-refractivity contribution is 0.399. The quantitative estimate of drug-likeness (QED) is 0.885. The van der Waals surface area contributed by atoms with Crippen molar-refractivity contribution in [3.63, 3.8) is 0 Å². The van der Waals surface area contributed by atoms with E-state index in [2.05, 4.69) is 44.5 Å². The minimum atomic E-state index is 0.303. The second-order valence-corrected chi connectivity index (χ2v) is 7.37. The van der Waals surface area contributed by atoms with Gasteiger partial charge < -0.3 is 10.1 Å². The highest BCUT2D eigenvalue weighted by atomic mass is 16.5. The molecule has 1 unspecified atom stereocenters. The van der Waals surface area contributed by atoms with Gasteiger partial charge in [0.05, 0.1) is 7.11 Å². The van der Waals surface area contributed by atoms with Crippen LogP contribution in [-0.4, -0.2) is 39.8 Å². The molecule has 1 fully saturated rings. The van der Waals surface area contributed by atoms with Gasteiger partial charge in [-0.05, 0) is 37.3 Å². The Bertz CT molecular complexity index is 1010. The van der Waals surface area contributed by atoms with Gasteiger partial charge in [-0.15, -0.1) is 5.10 Å². The molecule has 2 aromatic heterocycles. The standard InChI is InChI=1S/C20H22N6O/c1-12(14-3-4-14)23-20-24-19(27-2)18-16(6-8-26(18)25-20)15-9-13-5-7-21-17(10-13)22-11-15/h5-9,11-14H,3-4,10H2,1-2H3,(H,23,25)/t12-,13?/m1/s1. The minimum absolute atomic E-state index is 0.303. The van der Waals surface area contributed by atoms with E-state index < -0.39 is 0 Å². The summed E-state index contributed by atoms with van der Waals surface area (Å²) in [4.78, 5) is 13.5. The van der Waals surface area contributed by atoms with Crippen LogP contribution in [0.2, 0.25) is 0 Å². The number of nitrogens with one attached hydrogen (secondary N) is 1. The predicted octanol–water partition coefficient (Wildman–Crippen LogP) is 3.35. The lowest BCUT2D eigenvalue weighted by atomic mass is 9.98. The van der Waals surface area contributed by atoms with Crippen LogP contribution in [0.4, 0.5) is 5.95 Å². The van der Waals surface area contributed by atoms with Crippen LogP contribution >= 0.6 is 0 Å². The third-order valence-electron chi connectivity index (χ3n) is 5.39. The van der Waals surface area contributed by atoms with E-state index in [0.29, 0.717) is 23.8 Å². The molecule has 2 atom stereocenters. The lowest BCUT2D eigenvalue weighted by Gasteiger charge is -2.14. The molecule has 4 heterocycles. The van der Waals surface area contributed by atoms with Crippen molar-refractivity contribution in [1.82, 2.24) is 14.6 Å². The number of hydrogen-bond acceptors (Lipinski definition) is 6. The highest BCUT2D eigenvalue weighted by Gasteiger charge is 2.29. The van der Waals surface area contributed by atoms with Crippen molar-refractivity contribution in [2.75, 3.05) is 12.4 Å². The highest BCUT2D eigenvalue weighted by Crippen LogP contribution is 2.34. The first-order valence-electron chi connectivity index (χ1n) is 9.41. The van der Waals surface area contributed by atoms with Crippen LogP contribution in [0.3, 0.4) is 0 Å². The molecular formula is C20H22N6O. The predicted molar refractivity (Wildman–Crippen MR) is 106 cm³/mol. The summed E-state index contributed by atoms with van der Waals surface area (Å²) in [5, 5.41) is 8.06. The number of methoxy groups -OCH3 is 1. The molecule has 1 aliphatic carbocycles. The fraction of sp³-hybridized carbons (Fsp3) is 0.400. The van der Waals surface area contributed by atoms with E-state index in [0.717, 1.165) is 34.8 Å². The molecule has 2 aromatic rings. The third-order valence-corrected chi connectivity index (χ3v) is 5.39. The molecule has 2 bridgehead atoms. The molecule has 1 N–H and O–H groups in total. The second kappa shape index (κ2) is 6.33. The molecule has 7 heteroatoms. The number of anilines is 1. The van der Waals surface area contributed by atoms with Crippen molar-refractivity contribution in [1.29, 1.82) is 0 Å². The van der Waals surface area contributed by atoms with Gasteiger partial charge in [-0.1, -0.05) is 12.2 Å². The summed E-state index contributed by atoms with van der Waals surface area (Å²) in [5.41, 5.74) is 2.90. The Kier molecular flexibility index (Phi) is 3.81. The minimum Gasteiger partial charge on any atom is -0.479 e. The maximum atomic E-state index is 5.61. The Labute approximate surface area is 157 Å². The first kappa shape index (κ1) is 16.2. The lowest BCUT2D eigenvalue weighted by Crippen LogP contribution is -2.20. The average Bonchev–Trinajstić information content (AvgIpc) is 3.46. The molecule has 0 amide bonds. The monoisotopic (exact) mass is 362 g/mol. The topological polar surface area (TPSA) is 76.2 Å². The zero-order valence-corrected chi connectivity index (χ0v) is 15.5. The van der Waals surface area contributed by atoms with Crippen LogP contribution in [-0.2, 0) is 0 Å². The number of ether oxygens (including phenoxy) is 1. The van der Waals surface area contributed by atoms with E-state index in [1.807, 2.05) is 29.2 Å². The number of allylic oxidation sites excluding steroid dienone is 3. The molecule has 138 valence electrons. The van der Waals surface area contributed by atoms with Crippen molar-refractivity contribution in [3.8, 4) is 5.88 Å². The second-order valence-electron chi connectivity index (χ2n) is 7.37. The van der Waals surface area contributed by atoms with Crippen LogP contribution in [0.15, 0.2) is 40.6 Å². The van der Waals surface area contributed by atoms with Gasteiger partial charge in [0, 0.05) is 42.6 Å². The van der Waals surface area contributed by atoms with E-state index in [-0.39, 0.29) is 0 Å². The molecule has 1 saturated carbocycles. The van der Waals surface area contributed by atoms with Crippen molar-refractivity contribution in [2.45, 2.75) is 32.2 Å². The summed E-state index contributed by atoms with van der Waals surface area (Å²) in [5.74, 6) is 3.04. The number of aromatic nitrogens is 3. The summed E-state index contributed by atoms with van der Waals surface area (Å²) in [6.45, 7) is 2.18. The molecule has 7 nitrogen and oxygen atoms in total. The molecule has 27 heavy (non-hydrogen) atoms. The smallest absolute Gasteiger partial charge is 0.244 e. The van der Waals surface area contributed by atoms with Gasteiger partial charge in [-0.25, -0.2) is 14.5 Å². The summed E-state index contributed by atoms with van der Waals surface area (Å²) in [6.07, 6.45) is 13.4. The Morgan fingerprint density at radius 1 is 1.33 bits per heavy atom. The summed E-state index contributed by atoms with van der Waals surface area (Å²) in [7, 11) is 1.65. The number of amidine groups is 1. The summed E-state index contributed by atoms with van der Waals surface area (Å²) in [6, 6.07) is 2.41. The fourth-order valence-corrected chi connectivity index (χ4v) is 3.69. The van der Waals surface area contributed by atoms with E-state index in [9.17, 15) is 0 Å². The van der Waals surface area contributed by atoms with E-state index in [4.69, 9.17) is 4.74 Å². The van der Waals surface area contributed by atoms with Crippen LogP contribution in [0, 0.1) is 11.8 Å². The van der Waals surface area contributed by atoms with E-state index in [1.54, 1.807) is 7.11 Å². The fourth-order valence-electron chi connectivity index (χ4n) is 3.69. The van der Waals surface area contributed by atoms with Crippen molar-refractivity contribution in [2.24, 2.45) is 21.8 Å². The van der Waals surface area contributed by atoms with Crippen molar-refractivity contribution >= 4 is 29.1 Å². The largest absolute Gasteiger partial charge is 0.479 e. The Balaban J connectivity index is 1.56. The van der Waals surface area contributed by atoms with Gasteiger partial charge in [0.1, 0.15) is 11.4 Å². The number of nitrogens with zero attached hydrogens (tertiary/aromatic N) is 5. The van der Waals surface area contributed by atoms with Crippen LogP contribution in [0.1, 0.15) is 31.7 Å². The van der Waals surface area contributed by atoms with Crippen molar-refractivity contribution in [3.05, 3.63) is 36.2 Å². The summed E-state index contributed by atoms with van der Waals surface area (Å²) >= 11 is 0. The highest BCUT2D eigenvalue weighted by molar-refractivity contribution is 6.17. The Hall–Kier alpha value is -2.96. The van der Waals surface area contributed by atoms with Gasteiger partial charge in [-0.2, -0.15) is 4.98 Å². The van der Waals surface area contributed by atoms with Gasteiger partial charge in [0.15, 0.2) is 0 Å². The maximum absolute atomic E-state index is 5.61. The van der Waals surface area contributed by atoms with Crippen LogP contribution in [0.25, 0.3) is 11.1 Å².